The number of hydrogen-bond donors (Lipinski definition) is 1. The summed E-state index contributed by atoms with van der Waals surface area (Å²) in [4.78, 5) is 13.6. The Bertz CT molecular complexity index is 246. The minimum Gasteiger partial charge on any atom is -0.381 e. The van der Waals surface area contributed by atoms with Crippen LogP contribution in [0.5, 0.6) is 0 Å². The van der Waals surface area contributed by atoms with Gasteiger partial charge in [0, 0.05) is 39.1 Å². The van der Waals surface area contributed by atoms with Crippen molar-refractivity contribution in [2.45, 2.75) is 25.4 Å². The first-order valence-electron chi connectivity index (χ1n) is 6.00. The van der Waals surface area contributed by atoms with Gasteiger partial charge in [-0.15, -0.1) is 0 Å². The topological polar surface area (TPSA) is 50.8 Å². The fraction of sp³-hybridized carbons (Fsp3) is 0.909. The smallest absolute Gasteiger partial charge is 0.317 e. The molecule has 2 fully saturated rings. The highest BCUT2D eigenvalue weighted by Crippen LogP contribution is 2.28. The quantitative estimate of drug-likeness (QED) is 0.715. The molecule has 0 aromatic heterocycles. The van der Waals surface area contributed by atoms with Crippen LogP contribution in [-0.2, 0) is 9.47 Å². The van der Waals surface area contributed by atoms with Gasteiger partial charge in [0.15, 0.2) is 0 Å². The van der Waals surface area contributed by atoms with E-state index in [0.717, 1.165) is 26.1 Å². The molecule has 0 bridgehead atoms. The number of morpholine rings is 1. The van der Waals surface area contributed by atoms with Crippen molar-refractivity contribution in [2.24, 2.45) is 0 Å². The van der Waals surface area contributed by atoms with E-state index in [1.807, 2.05) is 11.8 Å². The SMILES string of the molecule is CCNC(=O)N1CCOC2(CCOCC2)C1. The molecule has 5 heteroatoms. The Morgan fingerprint density at radius 2 is 2.12 bits per heavy atom. The average Bonchev–Trinajstić information content (AvgIpc) is 2.30. The highest BCUT2D eigenvalue weighted by atomic mass is 16.5. The number of hydrogen-bond acceptors (Lipinski definition) is 3. The van der Waals surface area contributed by atoms with Crippen molar-refractivity contribution in [3.05, 3.63) is 0 Å². The third kappa shape index (κ3) is 2.47. The highest BCUT2D eigenvalue weighted by molar-refractivity contribution is 5.74. The van der Waals surface area contributed by atoms with E-state index in [1.165, 1.54) is 0 Å². The van der Waals surface area contributed by atoms with Crippen molar-refractivity contribution in [1.82, 2.24) is 10.2 Å². The van der Waals surface area contributed by atoms with Gasteiger partial charge in [-0.2, -0.15) is 0 Å². The first-order valence-corrected chi connectivity index (χ1v) is 6.00. The summed E-state index contributed by atoms with van der Waals surface area (Å²) in [6.07, 6.45) is 1.78. The number of urea groups is 1. The lowest BCUT2D eigenvalue weighted by atomic mass is 9.92. The number of ether oxygens (including phenoxy) is 2. The van der Waals surface area contributed by atoms with Gasteiger partial charge in [0.25, 0.3) is 0 Å². The lowest BCUT2D eigenvalue weighted by Gasteiger charge is -2.44. The number of carbonyl (C=O) groups excluding carboxylic acids is 1. The highest BCUT2D eigenvalue weighted by Gasteiger charge is 2.39. The summed E-state index contributed by atoms with van der Waals surface area (Å²) in [5.74, 6) is 0. The van der Waals surface area contributed by atoms with Crippen molar-refractivity contribution < 1.29 is 14.3 Å². The van der Waals surface area contributed by atoms with E-state index >= 15 is 0 Å². The van der Waals surface area contributed by atoms with Crippen LogP contribution in [0.25, 0.3) is 0 Å². The molecule has 1 spiro atoms. The molecule has 1 N–H and O–H groups in total. The Balaban J connectivity index is 1.94. The molecule has 16 heavy (non-hydrogen) atoms. The fourth-order valence-corrected chi connectivity index (χ4v) is 2.33. The number of carbonyl (C=O) groups is 1. The molecule has 0 aromatic carbocycles. The second kappa shape index (κ2) is 5.01. The molecule has 5 nitrogen and oxygen atoms in total. The number of nitrogens with one attached hydrogen (secondary N) is 1. The molecule has 2 aliphatic rings. The molecule has 0 aromatic rings. The first-order chi connectivity index (χ1) is 7.76. The standard InChI is InChI=1S/C11H20N2O3/c1-2-12-10(14)13-5-8-16-11(9-13)3-6-15-7-4-11/h2-9H2,1H3,(H,12,14). The zero-order chi connectivity index (χ0) is 11.4. The van der Waals surface area contributed by atoms with Crippen molar-refractivity contribution in [3.63, 3.8) is 0 Å². The molecule has 0 aliphatic carbocycles. The van der Waals surface area contributed by atoms with Gasteiger partial charge in [-0.25, -0.2) is 4.79 Å². The lowest BCUT2D eigenvalue weighted by Crippen LogP contribution is -2.57. The Morgan fingerprint density at radius 3 is 2.81 bits per heavy atom. The fourth-order valence-electron chi connectivity index (χ4n) is 2.33. The summed E-state index contributed by atoms with van der Waals surface area (Å²) >= 11 is 0. The van der Waals surface area contributed by atoms with Gasteiger partial charge < -0.3 is 19.7 Å². The molecule has 2 heterocycles. The van der Waals surface area contributed by atoms with Crippen LogP contribution in [0.15, 0.2) is 0 Å². The monoisotopic (exact) mass is 228 g/mol. The first kappa shape index (κ1) is 11.7. The largest absolute Gasteiger partial charge is 0.381 e. The van der Waals surface area contributed by atoms with E-state index in [9.17, 15) is 4.79 Å². The summed E-state index contributed by atoms with van der Waals surface area (Å²) < 4.78 is 11.2. The van der Waals surface area contributed by atoms with Crippen LogP contribution >= 0.6 is 0 Å². The Morgan fingerprint density at radius 1 is 1.38 bits per heavy atom. The van der Waals surface area contributed by atoms with E-state index < -0.39 is 0 Å². The maximum Gasteiger partial charge on any atom is 0.317 e. The Kier molecular flexibility index (Phi) is 3.66. The van der Waals surface area contributed by atoms with Gasteiger partial charge in [-0.05, 0) is 6.92 Å². The average molecular weight is 228 g/mol. The van der Waals surface area contributed by atoms with Gasteiger partial charge in [0.2, 0.25) is 0 Å². The van der Waals surface area contributed by atoms with E-state index in [0.29, 0.717) is 26.2 Å². The van der Waals surface area contributed by atoms with Gasteiger partial charge in [-0.3, -0.25) is 0 Å². The molecule has 0 saturated carbocycles. The molecule has 0 unspecified atom stereocenters. The zero-order valence-corrected chi connectivity index (χ0v) is 9.83. The molecule has 2 amide bonds. The number of rotatable bonds is 1. The van der Waals surface area contributed by atoms with Crippen LogP contribution in [0.3, 0.4) is 0 Å². The molecule has 0 atom stereocenters. The van der Waals surface area contributed by atoms with Crippen molar-refractivity contribution in [1.29, 1.82) is 0 Å². The minimum absolute atomic E-state index is 0.0247. The summed E-state index contributed by atoms with van der Waals surface area (Å²) in [5, 5.41) is 2.84. The summed E-state index contributed by atoms with van der Waals surface area (Å²) in [7, 11) is 0. The molecular formula is C11H20N2O3. The summed E-state index contributed by atoms with van der Waals surface area (Å²) in [5.41, 5.74) is -0.151. The Hall–Kier alpha value is -0.810. The maximum atomic E-state index is 11.8. The minimum atomic E-state index is -0.151. The van der Waals surface area contributed by atoms with E-state index in [2.05, 4.69) is 5.32 Å². The molecule has 2 saturated heterocycles. The van der Waals surface area contributed by atoms with Crippen molar-refractivity contribution in [3.8, 4) is 0 Å². The zero-order valence-electron chi connectivity index (χ0n) is 9.83. The third-order valence-corrected chi connectivity index (χ3v) is 3.27. The van der Waals surface area contributed by atoms with Crippen LogP contribution in [0.1, 0.15) is 19.8 Å². The van der Waals surface area contributed by atoms with Crippen LogP contribution < -0.4 is 5.32 Å². The summed E-state index contributed by atoms with van der Waals surface area (Å²) in [6.45, 7) is 6.11. The maximum absolute atomic E-state index is 11.8. The van der Waals surface area contributed by atoms with Gasteiger partial charge in [0.1, 0.15) is 0 Å². The van der Waals surface area contributed by atoms with E-state index in [-0.39, 0.29) is 11.6 Å². The molecule has 0 radical (unpaired) electrons. The Labute approximate surface area is 96.1 Å². The van der Waals surface area contributed by atoms with Crippen LogP contribution in [0.4, 0.5) is 4.79 Å². The van der Waals surface area contributed by atoms with Gasteiger partial charge in [0.05, 0.1) is 18.8 Å². The van der Waals surface area contributed by atoms with Gasteiger partial charge in [-0.1, -0.05) is 0 Å². The van der Waals surface area contributed by atoms with Crippen molar-refractivity contribution in [2.75, 3.05) is 39.5 Å². The van der Waals surface area contributed by atoms with E-state index in [4.69, 9.17) is 9.47 Å². The third-order valence-electron chi connectivity index (χ3n) is 3.27. The predicted molar refractivity (Wildman–Crippen MR) is 59.4 cm³/mol. The second-order valence-electron chi connectivity index (χ2n) is 4.40. The number of amides is 2. The predicted octanol–water partition coefficient (Wildman–Crippen LogP) is 0.597. The summed E-state index contributed by atoms with van der Waals surface area (Å²) in [6, 6.07) is 0.0247. The van der Waals surface area contributed by atoms with Gasteiger partial charge >= 0.3 is 6.03 Å². The van der Waals surface area contributed by atoms with Crippen LogP contribution in [0, 0.1) is 0 Å². The molecule has 2 rings (SSSR count). The van der Waals surface area contributed by atoms with Crippen LogP contribution in [-0.4, -0.2) is 56.0 Å². The molecular weight excluding hydrogens is 208 g/mol. The lowest BCUT2D eigenvalue weighted by molar-refractivity contribution is -0.145. The van der Waals surface area contributed by atoms with E-state index in [1.54, 1.807) is 0 Å². The molecule has 2 aliphatic heterocycles. The van der Waals surface area contributed by atoms with Crippen LogP contribution in [0.2, 0.25) is 0 Å². The second-order valence-corrected chi connectivity index (χ2v) is 4.40. The van der Waals surface area contributed by atoms with Crippen molar-refractivity contribution >= 4 is 6.03 Å². The number of nitrogens with zero attached hydrogens (tertiary/aromatic N) is 1. The molecule has 92 valence electrons. The normalized spacial score (nSPS) is 24.4.